The van der Waals surface area contributed by atoms with Gasteiger partial charge in [-0.25, -0.2) is 0 Å². The summed E-state index contributed by atoms with van der Waals surface area (Å²) >= 11 is 0. The highest BCUT2D eigenvalue weighted by atomic mass is 16.3. The first-order valence-electron chi connectivity index (χ1n) is 4.95. The molecular formula is C10H16N4O. The van der Waals surface area contributed by atoms with Crippen LogP contribution in [0, 0.1) is 18.3 Å². The average Bonchev–Trinajstić information content (AvgIpc) is 2.49. The fourth-order valence-corrected chi connectivity index (χ4v) is 1.35. The van der Waals surface area contributed by atoms with Gasteiger partial charge < -0.3 is 10.4 Å². The van der Waals surface area contributed by atoms with Gasteiger partial charge in [0.25, 0.3) is 0 Å². The van der Waals surface area contributed by atoms with Crippen LogP contribution in [0.25, 0.3) is 0 Å². The molecule has 1 atom stereocenters. The lowest BCUT2D eigenvalue weighted by atomic mass is 10.2. The Morgan fingerprint density at radius 3 is 2.87 bits per heavy atom. The van der Waals surface area contributed by atoms with E-state index in [9.17, 15) is 5.11 Å². The van der Waals surface area contributed by atoms with Crippen molar-refractivity contribution in [2.24, 2.45) is 7.05 Å². The maximum Gasteiger partial charge on any atom is 0.142 e. The van der Waals surface area contributed by atoms with Gasteiger partial charge in [-0.05, 0) is 13.3 Å². The van der Waals surface area contributed by atoms with Gasteiger partial charge in [0, 0.05) is 13.6 Å². The zero-order chi connectivity index (χ0) is 11.4. The molecule has 1 aromatic rings. The number of aryl methyl sites for hydroxylation is 2. The van der Waals surface area contributed by atoms with Crippen molar-refractivity contribution in [3.05, 3.63) is 11.3 Å². The number of aliphatic hydroxyl groups excluding tert-OH is 1. The first kappa shape index (κ1) is 11.5. The molecular weight excluding hydrogens is 192 g/mol. The van der Waals surface area contributed by atoms with Gasteiger partial charge in [-0.3, -0.25) is 4.68 Å². The van der Waals surface area contributed by atoms with E-state index in [0.29, 0.717) is 30.0 Å². The average molecular weight is 208 g/mol. The molecule has 0 saturated carbocycles. The van der Waals surface area contributed by atoms with Crippen molar-refractivity contribution < 1.29 is 5.11 Å². The normalized spacial score (nSPS) is 12.2. The second-order valence-electron chi connectivity index (χ2n) is 3.49. The molecule has 5 heteroatoms. The van der Waals surface area contributed by atoms with E-state index >= 15 is 0 Å². The van der Waals surface area contributed by atoms with E-state index in [2.05, 4.69) is 16.5 Å². The first-order chi connectivity index (χ1) is 7.10. The van der Waals surface area contributed by atoms with Gasteiger partial charge in [0.2, 0.25) is 0 Å². The number of nitrogens with one attached hydrogen (secondary N) is 1. The Morgan fingerprint density at radius 2 is 2.33 bits per heavy atom. The number of hydrogen-bond donors (Lipinski definition) is 2. The maximum atomic E-state index is 9.41. The van der Waals surface area contributed by atoms with Crippen LogP contribution in [0.5, 0.6) is 0 Å². The molecule has 0 bridgehead atoms. The van der Waals surface area contributed by atoms with E-state index in [1.165, 1.54) is 0 Å². The molecule has 1 unspecified atom stereocenters. The Kier molecular flexibility index (Phi) is 3.69. The summed E-state index contributed by atoms with van der Waals surface area (Å²) in [6.07, 6.45) is 0.290. The summed E-state index contributed by atoms with van der Waals surface area (Å²) in [6.45, 7) is 4.14. The van der Waals surface area contributed by atoms with Crippen LogP contribution in [0.2, 0.25) is 0 Å². The molecule has 1 heterocycles. The molecule has 0 amide bonds. The van der Waals surface area contributed by atoms with Crippen LogP contribution >= 0.6 is 0 Å². The highest BCUT2D eigenvalue weighted by Crippen LogP contribution is 2.17. The maximum absolute atomic E-state index is 9.41. The van der Waals surface area contributed by atoms with Crippen LogP contribution in [-0.4, -0.2) is 27.5 Å². The second kappa shape index (κ2) is 4.80. The summed E-state index contributed by atoms with van der Waals surface area (Å²) in [4.78, 5) is 0. The first-order valence-corrected chi connectivity index (χ1v) is 4.95. The van der Waals surface area contributed by atoms with Crippen molar-refractivity contribution in [2.75, 3.05) is 11.9 Å². The largest absolute Gasteiger partial charge is 0.391 e. The van der Waals surface area contributed by atoms with E-state index in [1.807, 2.05) is 6.92 Å². The molecule has 0 aliphatic rings. The molecule has 0 radical (unpaired) electrons. The number of nitrogens with zero attached hydrogens (tertiary/aromatic N) is 3. The smallest absolute Gasteiger partial charge is 0.142 e. The lowest BCUT2D eigenvalue weighted by molar-refractivity contribution is 0.183. The number of aliphatic hydroxyl groups is 1. The third-order valence-corrected chi connectivity index (χ3v) is 2.31. The Hall–Kier alpha value is -1.54. The van der Waals surface area contributed by atoms with Gasteiger partial charge in [-0.1, -0.05) is 6.92 Å². The van der Waals surface area contributed by atoms with Crippen molar-refractivity contribution in [3.8, 4) is 6.07 Å². The van der Waals surface area contributed by atoms with Crippen LogP contribution in [-0.2, 0) is 7.05 Å². The number of anilines is 1. The summed E-state index contributed by atoms with van der Waals surface area (Å²) < 4.78 is 1.62. The van der Waals surface area contributed by atoms with Gasteiger partial charge in [-0.15, -0.1) is 0 Å². The number of rotatable bonds is 4. The standard InChI is InChI=1S/C10H16N4O/c1-4-8(15)6-12-10-9(5-11)7(2)13-14(10)3/h8,12,15H,4,6H2,1-3H3. The van der Waals surface area contributed by atoms with Gasteiger partial charge in [0.05, 0.1) is 11.8 Å². The van der Waals surface area contributed by atoms with E-state index in [4.69, 9.17) is 5.26 Å². The Bertz CT molecular complexity index is 378. The van der Waals surface area contributed by atoms with Gasteiger partial charge in [0.15, 0.2) is 0 Å². The predicted molar refractivity (Wildman–Crippen MR) is 57.4 cm³/mol. The van der Waals surface area contributed by atoms with Gasteiger partial charge in [-0.2, -0.15) is 10.4 Å². The second-order valence-corrected chi connectivity index (χ2v) is 3.49. The quantitative estimate of drug-likeness (QED) is 0.767. The molecule has 0 spiro atoms. The summed E-state index contributed by atoms with van der Waals surface area (Å²) in [6, 6.07) is 2.10. The van der Waals surface area contributed by atoms with Crippen molar-refractivity contribution in [2.45, 2.75) is 26.4 Å². The zero-order valence-electron chi connectivity index (χ0n) is 9.28. The van der Waals surface area contributed by atoms with E-state index < -0.39 is 6.10 Å². The minimum atomic E-state index is -0.397. The molecule has 0 aliphatic heterocycles. The molecule has 0 saturated heterocycles. The van der Waals surface area contributed by atoms with Crippen LogP contribution in [0.3, 0.4) is 0 Å². The molecule has 1 rings (SSSR count). The minimum absolute atomic E-state index is 0.397. The lowest BCUT2D eigenvalue weighted by Crippen LogP contribution is -2.20. The monoisotopic (exact) mass is 208 g/mol. The summed E-state index contributed by atoms with van der Waals surface area (Å²) in [7, 11) is 1.77. The Morgan fingerprint density at radius 1 is 1.67 bits per heavy atom. The lowest BCUT2D eigenvalue weighted by Gasteiger charge is -2.10. The summed E-state index contributed by atoms with van der Waals surface area (Å²) in [5.41, 5.74) is 1.24. The summed E-state index contributed by atoms with van der Waals surface area (Å²) in [5.74, 6) is 0.669. The molecule has 1 aromatic heterocycles. The van der Waals surface area contributed by atoms with Crippen molar-refractivity contribution in [1.29, 1.82) is 5.26 Å². The van der Waals surface area contributed by atoms with Crippen molar-refractivity contribution >= 4 is 5.82 Å². The molecule has 0 aromatic carbocycles. The number of hydrogen-bond acceptors (Lipinski definition) is 4. The van der Waals surface area contributed by atoms with Gasteiger partial charge in [0.1, 0.15) is 17.5 Å². The van der Waals surface area contributed by atoms with Crippen molar-refractivity contribution in [1.82, 2.24) is 9.78 Å². The minimum Gasteiger partial charge on any atom is -0.391 e. The van der Waals surface area contributed by atoms with E-state index in [1.54, 1.807) is 18.7 Å². The van der Waals surface area contributed by atoms with Crippen molar-refractivity contribution in [3.63, 3.8) is 0 Å². The van der Waals surface area contributed by atoms with E-state index in [-0.39, 0.29) is 0 Å². The SMILES string of the molecule is CCC(O)CNc1c(C#N)c(C)nn1C. The summed E-state index contributed by atoms with van der Waals surface area (Å²) in [5, 5.41) is 25.5. The fourth-order valence-electron chi connectivity index (χ4n) is 1.35. The molecule has 0 fully saturated rings. The Balaban J connectivity index is 2.81. The van der Waals surface area contributed by atoms with Crippen LogP contribution < -0.4 is 5.32 Å². The zero-order valence-corrected chi connectivity index (χ0v) is 9.28. The molecule has 82 valence electrons. The highest BCUT2D eigenvalue weighted by molar-refractivity contribution is 5.54. The van der Waals surface area contributed by atoms with Crippen LogP contribution in [0.1, 0.15) is 24.6 Å². The Labute approximate surface area is 89.3 Å². The third-order valence-electron chi connectivity index (χ3n) is 2.31. The molecule has 0 aliphatic carbocycles. The number of aromatic nitrogens is 2. The van der Waals surface area contributed by atoms with Crippen LogP contribution in [0.15, 0.2) is 0 Å². The number of nitriles is 1. The molecule has 15 heavy (non-hydrogen) atoms. The van der Waals surface area contributed by atoms with E-state index in [0.717, 1.165) is 0 Å². The van der Waals surface area contributed by atoms with Gasteiger partial charge >= 0.3 is 0 Å². The molecule has 5 nitrogen and oxygen atoms in total. The third kappa shape index (κ3) is 2.48. The molecule has 2 N–H and O–H groups in total. The van der Waals surface area contributed by atoms with Crippen LogP contribution in [0.4, 0.5) is 5.82 Å². The fraction of sp³-hybridized carbons (Fsp3) is 0.600. The topological polar surface area (TPSA) is 73.9 Å². The highest BCUT2D eigenvalue weighted by Gasteiger charge is 2.12. The predicted octanol–water partition coefficient (Wildman–Crippen LogP) is 0.783.